The van der Waals surface area contributed by atoms with Crippen LogP contribution in [0.5, 0.6) is 5.75 Å². The molecule has 1 heterocycles. The first-order valence-electron chi connectivity index (χ1n) is 9.67. The summed E-state index contributed by atoms with van der Waals surface area (Å²) in [7, 11) is 1.62. The SMILES string of the molecule is COc1cccc(CN2C(=O)C(O)=C(c3ccc(C)cc3)[C@H]2c2cccc(Br)c2)c1. The summed E-state index contributed by atoms with van der Waals surface area (Å²) in [6, 6.07) is 23.0. The second kappa shape index (κ2) is 8.36. The van der Waals surface area contributed by atoms with Crippen LogP contribution in [0.2, 0.25) is 0 Å². The van der Waals surface area contributed by atoms with Gasteiger partial charge in [-0.15, -0.1) is 0 Å². The van der Waals surface area contributed by atoms with Crippen molar-refractivity contribution >= 4 is 27.4 Å². The molecule has 4 nitrogen and oxygen atoms in total. The number of halogens is 1. The highest BCUT2D eigenvalue weighted by Gasteiger charge is 2.41. The number of aryl methyl sites for hydroxylation is 1. The molecule has 0 unspecified atom stereocenters. The monoisotopic (exact) mass is 463 g/mol. The van der Waals surface area contributed by atoms with E-state index in [1.54, 1.807) is 12.0 Å². The van der Waals surface area contributed by atoms with Crippen molar-refractivity contribution in [2.24, 2.45) is 0 Å². The van der Waals surface area contributed by atoms with Crippen molar-refractivity contribution in [3.8, 4) is 5.75 Å². The highest BCUT2D eigenvalue weighted by Crippen LogP contribution is 2.44. The maximum Gasteiger partial charge on any atom is 0.290 e. The molecule has 3 aromatic rings. The number of nitrogens with zero attached hydrogens (tertiary/aromatic N) is 1. The minimum atomic E-state index is -0.399. The van der Waals surface area contributed by atoms with Crippen LogP contribution in [0.25, 0.3) is 5.57 Å². The Morgan fingerprint density at radius 2 is 1.77 bits per heavy atom. The molecule has 0 saturated heterocycles. The quantitative estimate of drug-likeness (QED) is 0.518. The van der Waals surface area contributed by atoms with Gasteiger partial charge in [0.15, 0.2) is 5.76 Å². The van der Waals surface area contributed by atoms with Gasteiger partial charge in [-0.3, -0.25) is 4.79 Å². The van der Waals surface area contributed by atoms with E-state index in [2.05, 4.69) is 15.9 Å². The Morgan fingerprint density at radius 1 is 1.03 bits per heavy atom. The van der Waals surface area contributed by atoms with E-state index >= 15 is 0 Å². The van der Waals surface area contributed by atoms with Crippen LogP contribution in [0.3, 0.4) is 0 Å². The smallest absolute Gasteiger partial charge is 0.290 e. The summed E-state index contributed by atoms with van der Waals surface area (Å²) in [6.45, 7) is 2.37. The van der Waals surface area contributed by atoms with Crippen molar-refractivity contribution in [3.05, 3.63) is 105 Å². The molecule has 1 amide bonds. The first kappa shape index (κ1) is 20.2. The molecule has 0 spiro atoms. The summed E-state index contributed by atoms with van der Waals surface area (Å²) in [6.07, 6.45) is 0. The van der Waals surface area contributed by atoms with Crippen LogP contribution in [-0.2, 0) is 11.3 Å². The van der Waals surface area contributed by atoms with Gasteiger partial charge in [0, 0.05) is 16.6 Å². The molecule has 0 aliphatic carbocycles. The van der Waals surface area contributed by atoms with Crippen molar-refractivity contribution in [1.29, 1.82) is 0 Å². The Labute approximate surface area is 184 Å². The summed E-state index contributed by atoms with van der Waals surface area (Å²) in [5, 5.41) is 10.9. The highest BCUT2D eigenvalue weighted by atomic mass is 79.9. The topological polar surface area (TPSA) is 49.8 Å². The minimum absolute atomic E-state index is 0.202. The van der Waals surface area contributed by atoms with Gasteiger partial charge in [-0.1, -0.05) is 70.0 Å². The third-order valence-corrected chi connectivity index (χ3v) is 5.81. The fourth-order valence-electron chi connectivity index (χ4n) is 3.84. The van der Waals surface area contributed by atoms with Crippen molar-refractivity contribution < 1.29 is 14.6 Å². The van der Waals surface area contributed by atoms with E-state index in [-0.39, 0.29) is 11.7 Å². The maximum absolute atomic E-state index is 13.2. The summed E-state index contributed by atoms with van der Waals surface area (Å²) in [4.78, 5) is 14.9. The molecule has 1 N–H and O–H groups in total. The summed E-state index contributed by atoms with van der Waals surface area (Å²) >= 11 is 3.53. The van der Waals surface area contributed by atoms with Crippen molar-refractivity contribution in [3.63, 3.8) is 0 Å². The molecule has 1 aliphatic heterocycles. The number of aliphatic hydroxyl groups is 1. The molecular formula is C25H22BrNO3. The van der Waals surface area contributed by atoms with Crippen molar-refractivity contribution in [1.82, 2.24) is 4.90 Å². The van der Waals surface area contributed by atoms with Gasteiger partial charge in [0.1, 0.15) is 5.75 Å². The number of carbonyl (C=O) groups excluding carboxylic acids is 1. The molecule has 4 rings (SSSR count). The molecule has 152 valence electrons. The Hall–Kier alpha value is -3.05. The van der Waals surface area contributed by atoms with Crippen LogP contribution in [0, 0.1) is 6.92 Å². The Balaban J connectivity index is 1.81. The molecule has 0 aromatic heterocycles. The van der Waals surface area contributed by atoms with Crippen molar-refractivity contribution in [2.45, 2.75) is 19.5 Å². The number of carbonyl (C=O) groups is 1. The van der Waals surface area contributed by atoms with E-state index in [4.69, 9.17) is 4.74 Å². The predicted molar refractivity (Wildman–Crippen MR) is 121 cm³/mol. The predicted octanol–water partition coefficient (Wildman–Crippen LogP) is 5.82. The summed E-state index contributed by atoms with van der Waals surface area (Å²) in [5.74, 6) is 0.152. The van der Waals surface area contributed by atoms with E-state index in [0.29, 0.717) is 12.1 Å². The number of benzene rings is 3. The first-order valence-corrected chi connectivity index (χ1v) is 10.5. The normalized spacial score (nSPS) is 16.3. The average molecular weight is 464 g/mol. The third-order valence-electron chi connectivity index (χ3n) is 5.32. The molecular weight excluding hydrogens is 442 g/mol. The lowest BCUT2D eigenvalue weighted by Crippen LogP contribution is -2.29. The van der Waals surface area contributed by atoms with Crippen LogP contribution in [0.1, 0.15) is 28.3 Å². The van der Waals surface area contributed by atoms with Gasteiger partial charge >= 0.3 is 0 Å². The van der Waals surface area contributed by atoms with Gasteiger partial charge in [-0.05, 0) is 47.9 Å². The Morgan fingerprint density at radius 3 is 2.47 bits per heavy atom. The number of rotatable bonds is 5. The van der Waals surface area contributed by atoms with Gasteiger partial charge in [0.05, 0.1) is 13.2 Å². The number of methoxy groups -OCH3 is 1. The van der Waals surface area contributed by atoms with E-state index in [1.807, 2.05) is 79.7 Å². The average Bonchev–Trinajstić information content (AvgIpc) is 2.99. The maximum atomic E-state index is 13.2. The lowest BCUT2D eigenvalue weighted by atomic mass is 9.93. The van der Waals surface area contributed by atoms with E-state index in [9.17, 15) is 9.90 Å². The molecule has 1 aliphatic rings. The van der Waals surface area contributed by atoms with Crippen molar-refractivity contribution in [2.75, 3.05) is 7.11 Å². The third kappa shape index (κ3) is 3.85. The van der Waals surface area contributed by atoms with Crippen LogP contribution >= 0.6 is 15.9 Å². The fraction of sp³-hybridized carbons (Fsp3) is 0.160. The molecule has 5 heteroatoms. The van der Waals surface area contributed by atoms with E-state index in [0.717, 1.165) is 32.5 Å². The van der Waals surface area contributed by atoms with Crippen LogP contribution in [0.4, 0.5) is 0 Å². The Bertz CT molecular complexity index is 1120. The lowest BCUT2D eigenvalue weighted by molar-refractivity contribution is -0.130. The van der Waals surface area contributed by atoms with Gasteiger partial charge in [0.25, 0.3) is 5.91 Å². The summed E-state index contributed by atoms with van der Waals surface area (Å²) < 4.78 is 6.25. The fourth-order valence-corrected chi connectivity index (χ4v) is 4.25. The van der Waals surface area contributed by atoms with Gasteiger partial charge in [0.2, 0.25) is 0 Å². The lowest BCUT2D eigenvalue weighted by Gasteiger charge is -2.28. The number of hydrogen-bond acceptors (Lipinski definition) is 3. The Kier molecular flexibility index (Phi) is 5.64. The van der Waals surface area contributed by atoms with Crippen LogP contribution < -0.4 is 4.74 Å². The second-order valence-corrected chi connectivity index (χ2v) is 8.29. The summed E-state index contributed by atoms with van der Waals surface area (Å²) in [5.41, 5.74) is 4.45. The molecule has 0 fully saturated rings. The second-order valence-electron chi connectivity index (χ2n) is 7.37. The number of ether oxygens (including phenoxy) is 1. The van der Waals surface area contributed by atoms with Crippen LogP contribution in [0.15, 0.2) is 83.0 Å². The minimum Gasteiger partial charge on any atom is -0.503 e. The first-order chi connectivity index (χ1) is 14.5. The molecule has 1 atom stereocenters. The number of hydrogen-bond donors (Lipinski definition) is 1. The van der Waals surface area contributed by atoms with Gasteiger partial charge in [-0.25, -0.2) is 0 Å². The zero-order valence-electron chi connectivity index (χ0n) is 16.8. The largest absolute Gasteiger partial charge is 0.503 e. The molecule has 3 aromatic carbocycles. The number of amides is 1. The van der Waals surface area contributed by atoms with E-state index < -0.39 is 6.04 Å². The standard InChI is InChI=1S/C25H22BrNO3/c1-16-9-11-18(12-10-16)22-23(19-6-4-7-20(26)14-19)27(25(29)24(22)28)15-17-5-3-8-21(13-17)30-2/h3-14,23,28H,15H2,1-2H3/t23-/m1/s1. The van der Waals surface area contributed by atoms with E-state index in [1.165, 1.54) is 0 Å². The molecule has 0 bridgehead atoms. The zero-order chi connectivity index (χ0) is 21.3. The molecule has 30 heavy (non-hydrogen) atoms. The molecule has 0 saturated carbocycles. The van der Waals surface area contributed by atoms with Gasteiger partial charge < -0.3 is 14.7 Å². The van der Waals surface area contributed by atoms with Crippen LogP contribution in [-0.4, -0.2) is 23.0 Å². The number of aliphatic hydroxyl groups excluding tert-OH is 1. The zero-order valence-corrected chi connectivity index (χ0v) is 18.4. The van der Waals surface area contributed by atoms with Gasteiger partial charge in [-0.2, -0.15) is 0 Å². The highest BCUT2D eigenvalue weighted by molar-refractivity contribution is 9.10. The molecule has 0 radical (unpaired) electrons.